The van der Waals surface area contributed by atoms with Gasteiger partial charge in [-0.3, -0.25) is 9.69 Å². The number of piperidine rings is 1. The summed E-state index contributed by atoms with van der Waals surface area (Å²) in [6, 6.07) is 10.3. The van der Waals surface area contributed by atoms with Crippen molar-refractivity contribution < 1.29 is 13.2 Å². The SMILES string of the molecule is Cc1ccc(N(C)C(=O)Cc2ccc(S(=O)(=O)N3CCCCC3)cc2)nc1. The van der Waals surface area contributed by atoms with E-state index < -0.39 is 10.0 Å². The van der Waals surface area contributed by atoms with Gasteiger partial charge >= 0.3 is 0 Å². The van der Waals surface area contributed by atoms with Crippen LogP contribution < -0.4 is 4.90 Å². The van der Waals surface area contributed by atoms with Crippen molar-refractivity contribution >= 4 is 21.7 Å². The first-order valence-corrected chi connectivity index (χ1v) is 10.6. The molecular weight excluding hydrogens is 362 g/mol. The second-order valence-electron chi connectivity index (χ2n) is 6.93. The number of anilines is 1. The van der Waals surface area contributed by atoms with E-state index in [1.807, 2.05) is 19.1 Å². The van der Waals surface area contributed by atoms with Gasteiger partial charge in [-0.1, -0.05) is 24.6 Å². The van der Waals surface area contributed by atoms with E-state index in [9.17, 15) is 13.2 Å². The number of carbonyl (C=O) groups is 1. The molecule has 144 valence electrons. The summed E-state index contributed by atoms with van der Waals surface area (Å²) in [5.41, 5.74) is 1.81. The fourth-order valence-corrected chi connectivity index (χ4v) is 4.63. The van der Waals surface area contributed by atoms with Crippen LogP contribution >= 0.6 is 0 Å². The molecule has 0 atom stereocenters. The third-order valence-corrected chi connectivity index (χ3v) is 6.76. The number of rotatable bonds is 5. The number of nitrogens with zero attached hydrogens (tertiary/aromatic N) is 3. The highest BCUT2D eigenvalue weighted by molar-refractivity contribution is 7.89. The first-order valence-electron chi connectivity index (χ1n) is 9.16. The Balaban J connectivity index is 1.68. The van der Waals surface area contributed by atoms with Crippen molar-refractivity contribution in [3.8, 4) is 0 Å². The van der Waals surface area contributed by atoms with Crippen molar-refractivity contribution in [2.75, 3.05) is 25.0 Å². The number of sulfonamides is 1. The van der Waals surface area contributed by atoms with Gasteiger partial charge < -0.3 is 0 Å². The van der Waals surface area contributed by atoms with Crippen LogP contribution in [-0.2, 0) is 21.2 Å². The molecule has 3 rings (SSSR count). The van der Waals surface area contributed by atoms with Gasteiger partial charge in [-0.05, 0) is 49.1 Å². The average Bonchev–Trinajstić information content (AvgIpc) is 2.69. The van der Waals surface area contributed by atoms with Crippen molar-refractivity contribution in [3.63, 3.8) is 0 Å². The highest BCUT2D eigenvalue weighted by Crippen LogP contribution is 2.21. The van der Waals surface area contributed by atoms with E-state index in [1.54, 1.807) is 41.8 Å². The largest absolute Gasteiger partial charge is 0.300 e. The number of likely N-dealkylation sites (N-methyl/N-ethyl adjacent to an activating group) is 1. The molecule has 0 aliphatic carbocycles. The normalized spacial score (nSPS) is 15.5. The van der Waals surface area contributed by atoms with Crippen LogP contribution in [-0.4, -0.2) is 43.8 Å². The summed E-state index contributed by atoms with van der Waals surface area (Å²) in [5.74, 6) is 0.493. The smallest absolute Gasteiger partial charge is 0.243 e. The molecule has 7 heteroatoms. The molecule has 1 aromatic carbocycles. The lowest BCUT2D eigenvalue weighted by Gasteiger charge is -2.25. The topological polar surface area (TPSA) is 70.6 Å². The quantitative estimate of drug-likeness (QED) is 0.791. The van der Waals surface area contributed by atoms with Crippen molar-refractivity contribution in [2.24, 2.45) is 0 Å². The van der Waals surface area contributed by atoms with Gasteiger partial charge in [-0.2, -0.15) is 4.31 Å². The summed E-state index contributed by atoms with van der Waals surface area (Å²) in [6.45, 7) is 3.10. The molecule has 1 aliphatic rings. The Kier molecular flexibility index (Phi) is 5.92. The molecule has 6 nitrogen and oxygen atoms in total. The van der Waals surface area contributed by atoms with Gasteiger partial charge in [-0.15, -0.1) is 0 Å². The van der Waals surface area contributed by atoms with Gasteiger partial charge in [0.15, 0.2) is 0 Å². The maximum absolute atomic E-state index is 12.7. The van der Waals surface area contributed by atoms with Gasteiger partial charge in [0, 0.05) is 26.3 Å². The summed E-state index contributed by atoms with van der Waals surface area (Å²) in [4.78, 5) is 18.5. The predicted molar refractivity (Wildman–Crippen MR) is 105 cm³/mol. The number of carbonyl (C=O) groups excluding carboxylic acids is 1. The summed E-state index contributed by atoms with van der Waals surface area (Å²) >= 11 is 0. The third kappa shape index (κ3) is 4.54. The van der Waals surface area contributed by atoms with Crippen LogP contribution in [0.25, 0.3) is 0 Å². The monoisotopic (exact) mass is 387 g/mol. The second-order valence-corrected chi connectivity index (χ2v) is 8.87. The Morgan fingerprint density at radius 2 is 1.74 bits per heavy atom. The zero-order valence-electron chi connectivity index (χ0n) is 15.8. The van der Waals surface area contributed by atoms with Crippen LogP contribution in [0.15, 0.2) is 47.5 Å². The number of hydrogen-bond acceptors (Lipinski definition) is 4. The Morgan fingerprint density at radius 1 is 1.07 bits per heavy atom. The first-order chi connectivity index (χ1) is 12.9. The standard InChI is InChI=1S/C20H25N3O3S/c1-16-6-11-19(21-15-16)22(2)20(24)14-17-7-9-18(10-8-17)27(25,26)23-12-4-3-5-13-23/h6-11,15H,3-5,12-14H2,1-2H3. The van der Waals surface area contributed by atoms with Crippen molar-refractivity contribution in [1.29, 1.82) is 0 Å². The molecule has 0 spiro atoms. The summed E-state index contributed by atoms with van der Waals surface area (Å²) in [5, 5.41) is 0. The molecule has 27 heavy (non-hydrogen) atoms. The molecule has 2 aromatic rings. The van der Waals surface area contributed by atoms with E-state index >= 15 is 0 Å². The molecule has 0 unspecified atom stereocenters. The lowest BCUT2D eigenvalue weighted by Crippen LogP contribution is -2.35. The van der Waals surface area contributed by atoms with E-state index in [-0.39, 0.29) is 17.2 Å². The van der Waals surface area contributed by atoms with E-state index in [1.165, 1.54) is 4.90 Å². The number of aryl methyl sites for hydroxylation is 1. The second kappa shape index (κ2) is 8.19. The molecule has 0 N–H and O–H groups in total. The minimum absolute atomic E-state index is 0.0991. The van der Waals surface area contributed by atoms with E-state index in [4.69, 9.17) is 0 Å². The van der Waals surface area contributed by atoms with Crippen molar-refractivity contribution in [1.82, 2.24) is 9.29 Å². The first kappa shape index (κ1) is 19.5. The van der Waals surface area contributed by atoms with E-state index in [0.717, 1.165) is 30.4 Å². The van der Waals surface area contributed by atoms with Crippen LogP contribution in [0, 0.1) is 6.92 Å². The molecule has 1 aliphatic heterocycles. The zero-order valence-corrected chi connectivity index (χ0v) is 16.6. The fraction of sp³-hybridized carbons (Fsp3) is 0.400. The molecular formula is C20H25N3O3S. The minimum Gasteiger partial charge on any atom is -0.300 e. The number of hydrogen-bond donors (Lipinski definition) is 0. The molecule has 0 saturated carbocycles. The van der Waals surface area contributed by atoms with Crippen LogP contribution in [0.2, 0.25) is 0 Å². The minimum atomic E-state index is -3.44. The lowest BCUT2D eigenvalue weighted by atomic mass is 10.1. The van der Waals surface area contributed by atoms with E-state index in [2.05, 4.69) is 4.98 Å². The van der Waals surface area contributed by atoms with Crippen molar-refractivity contribution in [2.45, 2.75) is 37.5 Å². The molecule has 0 radical (unpaired) electrons. The van der Waals surface area contributed by atoms with Gasteiger partial charge in [0.2, 0.25) is 15.9 Å². The van der Waals surface area contributed by atoms with Crippen LogP contribution in [0.3, 0.4) is 0 Å². The Bertz CT molecular complexity index is 887. The molecule has 1 fully saturated rings. The maximum atomic E-state index is 12.7. The van der Waals surface area contributed by atoms with Crippen LogP contribution in [0.5, 0.6) is 0 Å². The predicted octanol–water partition coefficient (Wildman–Crippen LogP) is 2.77. The van der Waals surface area contributed by atoms with Crippen LogP contribution in [0.1, 0.15) is 30.4 Å². The van der Waals surface area contributed by atoms with Gasteiger partial charge in [0.25, 0.3) is 0 Å². The number of benzene rings is 1. The highest BCUT2D eigenvalue weighted by atomic mass is 32.2. The Morgan fingerprint density at radius 3 is 2.33 bits per heavy atom. The molecule has 1 aromatic heterocycles. The zero-order chi connectivity index (χ0) is 19.4. The summed E-state index contributed by atoms with van der Waals surface area (Å²) in [6.07, 6.45) is 4.81. The Hall–Kier alpha value is -2.25. The van der Waals surface area contributed by atoms with Crippen LogP contribution in [0.4, 0.5) is 5.82 Å². The Labute approximate surface area is 160 Å². The number of pyridine rings is 1. The van der Waals surface area contributed by atoms with Crippen molar-refractivity contribution in [3.05, 3.63) is 53.7 Å². The molecule has 1 amide bonds. The third-order valence-electron chi connectivity index (χ3n) is 4.85. The molecule has 2 heterocycles. The highest BCUT2D eigenvalue weighted by Gasteiger charge is 2.25. The van der Waals surface area contributed by atoms with Gasteiger partial charge in [-0.25, -0.2) is 13.4 Å². The average molecular weight is 388 g/mol. The fourth-order valence-electron chi connectivity index (χ4n) is 3.11. The number of amides is 1. The summed E-state index contributed by atoms with van der Waals surface area (Å²) < 4.78 is 26.9. The molecule has 0 bridgehead atoms. The lowest BCUT2D eigenvalue weighted by molar-refractivity contribution is -0.117. The van der Waals surface area contributed by atoms with E-state index in [0.29, 0.717) is 18.9 Å². The molecule has 1 saturated heterocycles. The maximum Gasteiger partial charge on any atom is 0.243 e. The van der Waals surface area contributed by atoms with Gasteiger partial charge in [0.05, 0.1) is 11.3 Å². The van der Waals surface area contributed by atoms with Gasteiger partial charge in [0.1, 0.15) is 5.82 Å². The summed E-state index contributed by atoms with van der Waals surface area (Å²) in [7, 11) is -1.75. The number of aromatic nitrogens is 1.